The van der Waals surface area contributed by atoms with Gasteiger partial charge >= 0.3 is 0 Å². The van der Waals surface area contributed by atoms with Crippen LogP contribution in [0.15, 0.2) is 12.4 Å². The number of anilines is 2. The van der Waals surface area contributed by atoms with Crippen LogP contribution in [-0.4, -0.2) is 64.7 Å². The fourth-order valence-corrected chi connectivity index (χ4v) is 5.14. The normalized spacial score (nSPS) is 16.7. The first-order chi connectivity index (χ1) is 15.6. The van der Waals surface area contributed by atoms with Crippen LogP contribution in [-0.2, 0) is 23.1 Å². The standard InChI is InChI=1S/C21H33F2N7O2S/c1-5-8-30-18(11-15(2)27-30)13-28(4)21-19(23)20(25-14-26-21)24-12-17-6-9-29(10-7-17)33(31,32)16(3)22/h11,14,16-17H,5-10,12-13H2,1-4H3,(H,24,25,26). The van der Waals surface area contributed by atoms with Crippen molar-refractivity contribution in [3.63, 3.8) is 0 Å². The molecule has 1 fully saturated rings. The summed E-state index contributed by atoms with van der Waals surface area (Å²) in [6, 6.07) is 1.99. The second-order valence-electron chi connectivity index (χ2n) is 8.53. The number of nitrogens with one attached hydrogen (secondary N) is 1. The lowest BCUT2D eigenvalue weighted by molar-refractivity contribution is 0.271. The van der Waals surface area contributed by atoms with Crippen molar-refractivity contribution in [2.24, 2.45) is 5.92 Å². The molecule has 3 heterocycles. The molecule has 0 bridgehead atoms. The van der Waals surface area contributed by atoms with E-state index in [-0.39, 0.29) is 30.6 Å². The van der Waals surface area contributed by atoms with Gasteiger partial charge in [0, 0.05) is 33.2 Å². The zero-order chi connectivity index (χ0) is 24.2. The Hall–Kier alpha value is -2.34. The van der Waals surface area contributed by atoms with E-state index in [0.717, 1.165) is 31.3 Å². The average molecular weight is 486 g/mol. The number of rotatable bonds is 10. The molecule has 0 aliphatic carbocycles. The number of alkyl halides is 1. The Labute approximate surface area is 194 Å². The Morgan fingerprint density at radius 3 is 2.64 bits per heavy atom. The lowest BCUT2D eigenvalue weighted by atomic mass is 9.98. The molecule has 1 N–H and O–H groups in total. The van der Waals surface area contributed by atoms with E-state index in [1.54, 1.807) is 11.9 Å². The van der Waals surface area contributed by atoms with Crippen molar-refractivity contribution in [3.05, 3.63) is 29.6 Å². The third kappa shape index (κ3) is 5.97. The lowest BCUT2D eigenvalue weighted by Gasteiger charge is -2.31. The summed E-state index contributed by atoms with van der Waals surface area (Å²) in [5, 5.41) is 7.53. The molecule has 33 heavy (non-hydrogen) atoms. The van der Waals surface area contributed by atoms with Crippen LogP contribution in [0.25, 0.3) is 0 Å². The Morgan fingerprint density at radius 1 is 1.30 bits per heavy atom. The summed E-state index contributed by atoms with van der Waals surface area (Å²) in [5.41, 5.74) is -0.0203. The minimum absolute atomic E-state index is 0.109. The van der Waals surface area contributed by atoms with Gasteiger partial charge in [-0.25, -0.2) is 22.8 Å². The van der Waals surface area contributed by atoms with E-state index in [4.69, 9.17) is 0 Å². The number of hydrogen-bond donors (Lipinski definition) is 1. The molecule has 0 saturated carbocycles. The molecule has 1 saturated heterocycles. The van der Waals surface area contributed by atoms with Gasteiger partial charge < -0.3 is 10.2 Å². The molecule has 2 aromatic heterocycles. The Morgan fingerprint density at radius 2 is 2.00 bits per heavy atom. The maximum Gasteiger partial charge on any atom is 0.246 e. The topological polar surface area (TPSA) is 96.2 Å². The van der Waals surface area contributed by atoms with Gasteiger partial charge in [0.2, 0.25) is 21.3 Å². The fraction of sp³-hybridized carbons (Fsp3) is 0.667. The molecule has 3 rings (SSSR count). The molecule has 0 aromatic carbocycles. The van der Waals surface area contributed by atoms with Crippen molar-refractivity contribution < 1.29 is 17.2 Å². The van der Waals surface area contributed by atoms with E-state index < -0.39 is 21.3 Å². The molecule has 9 nitrogen and oxygen atoms in total. The fourth-order valence-electron chi connectivity index (χ4n) is 4.01. The number of sulfonamides is 1. The molecule has 1 aliphatic heterocycles. The lowest BCUT2D eigenvalue weighted by Crippen LogP contribution is -2.42. The molecule has 1 atom stereocenters. The van der Waals surface area contributed by atoms with Gasteiger partial charge in [-0.15, -0.1) is 0 Å². The van der Waals surface area contributed by atoms with Gasteiger partial charge in [-0.05, 0) is 45.1 Å². The summed E-state index contributed by atoms with van der Waals surface area (Å²) < 4.78 is 55.6. The third-order valence-corrected chi connectivity index (χ3v) is 7.76. The van der Waals surface area contributed by atoms with Crippen LogP contribution in [0.4, 0.5) is 20.4 Å². The van der Waals surface area contributed by atoms with Crippen molar-refractivity contribution in [1.29, 1.82) is 0 Å². The van der Waals surface area contributed by atoms with Gasteiger partial charge in [0.1, 0.15) is 6.33 Å². The zero-order valence-electron chi connectivity index (χ0n) is 19.6. The maximum absolute atomic E-state index is 15.2. The summed E-state index contributed by atoms with van der Waals surface area (Å²) >= 11 is 0. The van der Waals surface area contributed by atoms with Crippen LogP contribution in [0, 0.1) is 18.7 Å². The van der Waals surface area contributed by atoms with Crippen LogP contribution >= 0.6 is 0 Å². The molecule has 1 aliphatic rings. The van der Waals surface area contributed by atoms with Gasteiger partial charge in [0.15, 0.2) is 11.6 Å². The molecule has 2 aromatic rings. The van der Waals surface area contributed by atoms with Gasteiger partial charge in [-0.2, -0.15) is 13.8 Å². The first-order valence-electron chi connectivity index (χ1n) is 11.2. The minimum atomic E-state index is -3.89. The summed E-state index contributed by atoms with van der Waals surface area (Å²) in [6.07, 6.45) is 3.41. The molecule has 12 heteroatoms. The number of aromatic nitrogens is 4. The van der Waals surface area contributed by atoms with Crippen LogP contribution in [0.2, 0.25) is 0 Å². The Bertz CT molecular complexity index is 1040. The maximum atomic E-state index is 15.2. The van der Waals surface area contributed by atoms with Gasteiger partial charge in [0.05, 0.1) is 17.9 Å². The Kier molecular flexibility index (Phi) is 8.22. The van der Waals surface area contributed by atoms with Crippen molar-refractivity contribution >= 4 is 21.7 Å². The highest BCUT2D eigenvalue weighted by Crippen LogP contribution is 2.25. The molecule has 184 valence electrons. The number of halogens is 2. The molecule has 1 unspecified atom stereocenters. The minimum Gasteiger partial charge on any atom is -0.367 e. The van der Waals surface area contributed by atoms with Crippen molar-refractivity contribution in [2.45, 2.75) is 58.6 Å². The van der Waals surface area contributed by atoms with E-state index in [0.29, 0.717) is 25.9 Å². The highest BCUT2D eigenvalue weighted by atomic mass is 32.2. The number of piperidine rings is 1. The molecule has 0 spiro atoms. The highest BCUT2D eigenvalue weighted by molar-refractivity contribution is 7.89. The first-order valence-corrected chi connectivity index (χ1v) is 12.8. The predicted octanol–water partition coefficient (Wildman–Crippen LogP) is 2.94. The number of nitrogens with zero attached hydrogens (tertiary/aromatic N) is 6. The highest BCUT2D eigenvalue weighted by Gasteiger charge is 2.32. The number of aryl methyl sites for hydroxylation is 2. The second kappa shape index (κ2) is 10.7. The quantitative estimate of drug-likeness (QED) is 0.553. The van der Waals surface area contributed by atoms with E-state index >= 15 is 4.39 Å². The smallest absolute Gasteiger partial charge is 0.246 e. The van der Waals surface area contributed by atoms with Crippen molar-refractivity contribution in [3.8, 4) is 0 Å². The van der Waals surface area contributed by atoms with E-state index in [9.17, 15) is 12.8 Å². The van der Waals surface area contributed by atoms with Gasteiger partial charge in [-0.1, -0.05) is 6.92 Å². The predicted molar refractivity (Wildman–Crippen MR) is 124 cm³/mol. The average Bonchev–Trinajstić information content (AvgIpc) is 3.11. The van der Waals surface area contributed by atoms with Crippen LogP contribution in [0.3, 0.4) is 0 Å². The van der Waals surface area contributed by atoms with Crippen LogP contribution in [0.5, 0.6) is 0 Å². The summed E-state index contributed by atoms with van der Waals surface area (Å²) in [6.45, 7) is 7.25. The number of hydrogen-bond acceptors (Lipinski definition) is 7. The summed E-state index contributed by atoms with van der Waals surface area (Å²) in [4.78, 5) is 9.90. The molecule has 0 amide bonds. The van der Waals surface area contributed by atoms with Gasteiger partial charge in [-0.3, -0.25) is 4.68 Å². The summed E-state index contributed by atoms with van der Waals surface area (Å²) in [7, 11) is -2.12. The molecular weight excluding hydrogens is 452 g/mol. The zero-order valence-corrected chi connectivity index (χ0v) is 20.4. The Balaban J connectivity index is 1.60. The van der Waals surface area contributed by atoms with Crippen molar-refractivity contribution in [1.82, 2.24) is 24.1 Å². The second-order valence-corrected chi connectivity index (χ2v) is 10.7. The van der Waals surface area contributed by atoms with Gasteiger partial charge in [0.25, 0.3) is 0 Å². The van der Waals surface area contributed by atoms with Crippen LogP contribution in [0.1, 0.15) is 44.5 Å². The van der Waals surface area contributed by atoms with E-state index in [1.165, 1.54) is 10.6 Å². The monoisotopic (exact) mass is 485 g/mol. The van der Waals surface area contributed by atoms with Crippen LogP contribution < -0.4 is 10.2 Å². The SMILES string of the molecule is CCCn1nc(C)cc1CN(C)c1ncnc(NCC2CCN(S(=O)(=O)C(C)F)CC2)c1F. The first kappa shape index (κ1) is 25.3. The molecular formula is C21H33F2N7O2S. The van der Waals surface area contributed by atoms with E-state index in [1.807, 2.05) is 17.7 Å². The summed E-state index contributed by atoms with van der Waals surface area (Å²) in [5.74, 6) is -0.109. The van der Waals surface area contributed by atoms with Crippen molar-refractivity contribution in [2.75, 3.05) is 36.9 Å². The molecule has 0 radical (unpaired) electrons. The third-order valence-electron chi connectivity index (χ3n) is 5.85. The largest absolute Gasteiger partial charge is 0.367 e. The van der Waals surface area contributed by atoms with E-state index in [2.05, 4.69) is 27.3 Å².